The Balaban J connectivity index is 1.69. The van der Waals surface area contributed by atoms with Gasteiger partial charge < -0.3 is 5.32 Å². The van der Waals surface area contributed by atoms with Crippen LogP contribution in [0.15, 0.2) is 48.9 Å². The van der Waals surface area contributed by atoms with E-state index in [1.165, 1.54) is 29.9 Å². The lowest BCUT2D eigenvalue weighted by Gasteiger charge is -2.06. The lowest BCUT2D eigenvalue weighted by atomic mass is 10.1. The Morgan fingerprint density at radius 3 is 2.84 bits per heavy atom. The number of imidazole rings is 1. The van der Waals surface area contributed by atoms with Crippen LogP contribution >= 0.6 is 11.3 Å². The van der Waals surface area contributed by atoms with Crippen LogP contribution in [0.5, 0.6) is 0 Å². The molecule has 0 fully saturated rings. The molecule has 0 spiro atoms. The Hall–Kier alpha value is -3.13. The van der Waals surface area contributed by atoms with Crippen molar-refractivity contribution in [1.29, 1.82) is 0 Å². The second-order valence-electron chi connectivity index (χ2n) is 5.36. The summed E-state index contributed by atoms with van der Waals surface area (Å²) in [4.78, 5) is 25.7. The van der Waals surface area contributed by atoms with Gasteiger partial charge >= 0.3 is 0 Å². The Morgan fingerprint density at radius 2 is 2.08 bits per heavy atom. The van der Waals surface area contributed by atoms with E-state index in [1.807, 2.05) is 37.3 Å². The van der Waals surface area contributed by atoms with E-state index < -0.39 is 0 Å². The number of hydrogen-bond donors (Lipinski definition) is 1. The minimum Gasteiger partial charge on any atom is -0.345 e. The molecule has 124 valence electrons. The fraction of sp³-hybridized carbons (Fsp3) is 0.118. The minimum absolute atomic E-state index is 0.277. The van der Waals surface area contributed by atoms with Crippen molar-refractivity contribution in [1.82, 2.24) is 29.9 Å². The highest BCUT2D eigenvalue weighted by molar-refractivity contribution is 7.16. The average Bonchev–Trinajstić information content (AvgIpc) is 3.17. The van der Waals surface area contributed by atoms with Gasteiger partial charge in [0.05, 0.1) is 24.1 Å². The number of hydrogen-bond acceptors (Lipinski definition) is 6. The third kappa shape index (κ3) is 2.99. The summed E-state index contributed by atoms with van der Waals surface area (Å²) in [5.74, 6) is -0.283. The first-order valence-electron chi connectivity index (χ1n) is 7.67. The maximum atomic E-state index is 12.3. The second-order valence-corrected chi connectivity index (χ2v) is 6.52. The van der Waals surface area contributed by atoms with E-state index in [0.717, 1.165) is 26.9 Å². The summed E-state index contributed by atoms with van der Waals surface area (Å²) >= 11 is 1.52. The molecule has 0 radical (unpaired) electrons. The van der Waals surface area contributed by atoms with Gasteiger partial charge in [-0.3, -0.25) is 9.78 Å². The maximum Gasteiger partial charge on any atom is 0.271 e. The van der Waals surface area contributed by atoms with Crippen LogP contribution in [0.2, 0.25) is 0 Å². The Bertz CT molecular complexity index is 1030. The number of fused-ring (bicyclic) bond motifs is 1. The molecule has 0 saturated heterocycles. The Kier molecular flexibility index (Phi) is 3.95. The van der Waals surface area contributed by atoms with Gasteiger partial charge in [-0.25, -0.2) is 14.5 Å². The SMILES string of the molecule is Cc1nn2c(CNC(=O)c3cnccn3)c(-c3ccccc3)nc2s1. The number of nitrogens with one attached hydrogen (secondary N) is 1. The van der Waals surface area contributed by atoms with Crippen LogP contribution in [-0.2, 0) is 6.54 Å². The van der Waals surface area contributed by atoms with Crippen molar-refractivity contribution < 1.29 is 4.79 Å². The Morgan fingerprint density at radius 1 is 1.24 bits per heavy atom. The lowest BCUT2D eigenvalue weighted by molar-refractivity contribution is 0.0945. The zero-order chi connectivity index (χ0) is 17.2. The molecule has 0 saturated carbocycles. The van der Waals surface area contributed by atoms with E-state index in [1.54, 1.807) is 4.52 Å². The van der Waals surface area contributed by atoms with Crippen LogP contribution in [0.4, 0.5) is 0 Å². The topological polar surface area (TPSA) is 85.1 Å². The monoisotopic (exact) mass is 350 g/mol. The number of nitrogens with zero attached hydrogens (tertiary/aromatic N) is 5. The third-order valence-corrected chi connectivity index (χ3v) is 4.48. The zero-order valence-electron chi connectivity index (χ0n) is 13.4. The molecule has 0 unspecified atom stereocenters. The molecule has 0 aliphatic carbocycles. The van der Waals surface area contributed by atoms with Crippen LogP contribution in [-0.4, -0.2) is 30.5 Å². The van der Waals surface area contributed by atoms with Gasteiger partial charge in [0.15, 0.2) is 0 Å². The average molecular weight is 350 g/mol. The molecule has 3 heterocycles. The quantitative estimate of drug-likeness (QED) is 0.611. The minimum atomic E-state index is -0.283. The maximum absolute atomic E-state index is 12.3. The number of amides is 1. The highest BCUT2D eigenvalue weighted by Gasteiger charge is 2.18. The van der Waals surface area contributed by atoms with Crippen molar-refractivity contribution >= 4 is 22.2 Å². The lowest BCUT2D eigenvalue weighted by Crippen LogP contribution is -2.25. The summed E-state index contributed by atoms with van der Waals surface area (Å²) in [5, 5.41) is 8.30. The van der Waals surface area contributed by atoms with Gasteiger partial charge in [0, 0.05) is 18.0 Å². The first-order chi connectivity index (χ1) is 12.2. The molecule has 8 heteroatoms. The zero-order valence-corrected chi connectivity index (χ0v) is 14.2. The number of aromatic nitrogens is 5. The molecule has 4 rings (SSSR count). The van der Waals surface area contributed by atoms with Gasteiger partial charge in [-0.1, -0.05) is 41.7 Å². The number of carbonyl (C=O) groups excluding carboxylic acids is 1. The standard InChI is InChI=1S/C17H14N6OS/c1-11-22-23-14(10-20-16(24)13-9-18-7-8-19-13)15(21-17(23)25-11)12-5-3-2-4-6-12/h2-9H,10H2,1H3,(H,20,24). The van der Waals surface area contributed by atoms with E-state index in [-0.39, 0.29) is 11.6 Å². The van der Waals surface area contributed by atoms with Gasteiger partial charge in [0.1, 0.15) is 10.7 Å². The molecule has 3 aromatic heterocycles. The van der Waals surface area contributed by atoms with Crippen LogP contribution in [0.3, 0.4) is 0 Å². The number of benzene rings is 1. The number of rotatable bonds is 4. The smallest absolute Gasteiger partial charge is 0.271 e. The number of aryl methyl sites for hydroxylation is 1. The van der Waals surface area contributed by atoms with Gasteiger partial charge in [0.25, 0.3) is 5.91 Å². The predicted molar refractivity (Wildman–Crippen MR) is 94.2 cm³/mol. The van der Waals surface area contributed by atoms with Crippen molar-refractivity contribution in [3.8, 4) is 11.3 Å². The molecule has 0 aliphatic rings. The summed E-state index contributed by atoms with van der Waals surface area (Å²) < 4.78 is 1.79. The summed E-state index contributed by atoms with van der Waals surface area (Å²) in [6.45, 7) is 2.23. The third-order valence-electron chi connectivity index (χ3n) is 3.66. The highest BCUT2D eigenvalue weighted by Crippen LogP contribution is 2.26. The second kappa shape index (κ2) is 6.40. The van der Waals surface area contributed by atoms with Gasteiger partial charge in [-0.15, -0.1) is 0 Å². The van der Waals surface area contributed by atoms with Crippen LogP contribution < -0.4 is 5.32 Å². The normalized spacial score (nSPS) is 10.9. The summed E-state index contributed by atoms with van der Waals surface area (Å²) in [6.07, 6.45) is 4.46. The molecule has 1 aromatic carbocycles. The van der Waals surface area contributed by atoms with Crippen LogP contribution in [0.25, 0.3) is 16.2 Å². The van der Waals surface area contributed by atoms with Crippen LogP contribution in [0.1, 0.15) is 21.2 Å². The van der Waals surface area contributed by atoms with Gasteiger partial charge in [0.2, 0.25) is 4.96 Å². The van der Waals surface area contributed by atoms with E-state index in [9.17, 15) is 4.79 Å². The molecule has 4 aromatic rings. The van der Waals surface area contributed by atoms with Crippen molar-refractivity contribution in [2.75, 3.05) is 0 Å². The van der Waals surface area contributed by atoms with Crippen LogP contribution in [0, 0.1) is 6.92 Å². The first-order valence-corrected chi connectivity index (χ1v) is 8.48. The first kappa shape index (κ1) is 15.4. The summed E-state index contributed by atoms with van der Waals surface area (Å²) in [6, 6.07) is 9.87. The van der Waals surface area contributed by atoms with Crippen molar-refractivity contribution in [3.63, 3.8) is 0 Å². The molecule has 0 atom stereocenters. The number of carbonyl (C=O) groups is 1. The molecular formula is C17H14N6OS. The predicted octanol–water partition coefficient (Wildman–Crippen LogP) is 2.49. The highest BCUT2D eigenvalue weighted by atomic mass is 32.1. The van der Waals surface area contributed by atoms with E-state index in [4.69, 9.17) is 4.98 Å². The fourth-order valence-corrected chi connectivity index (χ4v) is 3.30. The molecule has 1 amide bonds. The fourth-order valence-electron chi connectivity index (χ4n) is 2.54. The Labute approximate surface area is 147 Å². The van der Waals surface area contributed by atoms with Gasteiger partial charge in [-0.2, -0.15) is 5.10 Å². The summed E-state index contributed by atoms with van der Waals surface area (Å²) in [7, 11) is 0. The molecule has 0 bridgehead atoms. The van der Waals surface area contributed by atoms with Crippen molar-refractivity contribution in [3.05, 3.63) is 65.3 Å². The van der Waals surface area contributed by atoms with Crippen molar-refractivity contribution in [2.24, 2.45) is 0 Å². The summed E-state index contributed by atoms with van der Waals surface area (Å²) in [5.41, 5.74) is 2.92. The molecule has 1 N–H and O–H groups in total. The van der Waals surface area contributed by atoms with E-state index >= 15 is 0 Å². The van der Waals surface area contributed by atoms with E-state index in [0.29, 0.717) is 6.54 Å². The molecule has 0 aliphatic heterocycles. The molecule has 7 nitrogen and oxygen atoms in total. The molecule has 25 heavy (non-hydrogen) atoms. The largest absolute Gasteiger partial charge is 0.345 e. The van der Waals surface area contributed by atoms with Gasteiger partial charge in [-0.05, 0) is 6.92 Å². The van der Waals surface area contributed by atoms with E-state index in [2.05, 4.69) is 20.4 Å². The molecular weight excluding hydrogens is 336 g/mol. The van der Waals surface area contributed by atoms with Crippen molar-refractivity contribution in [2.45, 2.75) is 13.5 Å².